The lowest BCUT2D eigenvalue weighted by atomic mass is 10.1. The molecule has 0 saturated heterocycles. The van der Waals surface area contributed by atoms with Crippen LogP contribution in [0.4, 0.5) is 4.39 Å². The maximum atomic E-state index is 12.8. The quantitative estimate of drug-likeness (QED) is 0.736. The maximum Gasteiger partial charge on any atom is 0.317 e. The van der Waals surface area contributed by atoms with E-state index in [2.05, 4.69) is 11.2 Å². The second kappa shape index (κ2) is 8.02. The number of hydrogen-bond acceptors (Lipinski definition) is 3. The lowest BCUT2D eigenvalue weighted by Gasteiger charge is -2.19. The van der Waals surface area contributed by atoms with E-state index in [9.17, 15) is 14.0 Å². The van der Waals surface area contributed by atoms with Gasteiger partial charge >= 0.3 is 5.97 Å². The van der Waals surface area contributed by atoms with Gasteiger partial charge in [0.15, 0.2) is 0 Å². The average Bonchev–Trinajstić information content (AvgIpc) is 2.38. The van der Waals surface area contributed by atoms with Gasteiger partial charge in [0.1, 0.15) is 5.82 Å². The predicted molar refractivity (Wildman–Crippen MR) is 75.9 cm³/mol. The summed E-state index contributed by atoms with van der Waals surface area (Å²) in [5, 5.41) is 11.4. The molecule has 1 aromatic rings. The number of nitrogens with zero attached hydrogens (tertiary/aromatic N) is 1. The standard InChI is InChI=1S/C15H17FN2O3/c1-3-8-18(10-15(20)21)9-14(19)17-11(2)12-4-6-13(16)7-5-12/h1,4-7,11H,8-10H2,2H3,(H,17,19)(H,20,21). The first-order chi connectivity index (χ1) is 9.92. The number of nitrogens with one attached hydrogen (secondary N) is 1. The van der Waals surface area contributed by atoms with E-state index in [1.54, 1.807) is 19.1 Å². The van der Waals surface area contributed by atoms with Crippen LogP contribution in [0.5, 0.6) is 0 Å². The molecule has 0 fully saturated rings. The highest BCUT2D eigenvalue weighted by Crippen LogP contribution is 2.12. The predicted octanol–water partition coefficient (Wildman–Crippen LogP) is 1.02. The van der Waals surface area contributed by atoms with Gasteiger partial charge in [0.2, 0.25) is 5.91 Å². The molecule has 6 heteroatoms. The number of carboxylic acids is 1. The minimum Gasteiger partial charge on any atom is -0.480 e. The molecule has 2 N–H and O–H groups in total. The Balaban J connectivity index is 2.56. The number of carbonyl (C=O) groups excluding carboxylic acids is 1. The molecule has 1 unspecified atom stereocenters. The molecule has 0 aliphatic heterocycles. The van der Waals surface area contributed by atoms with Gasteiger partial charge in [-0.25, -0.2) is 4.39 Å². The molecule has 1 amide bonds. The smallest absolute Gasteiger partial charge is 0.317 e. The van der Waals surface area contributed by atoms with E-state index >= 15 is 0 Å². The highest BCUT2D eigenvalue weighted by molar-refractivity contribution is 5.79. The largest absolute Gasteiger partial charge is 0.480 e. The first kappa shape index (κ1) is 16.7. The average molecular weight is 292 g/mol. The van der Waals surface area contributed by atoms with Crippen LogP contribution in [0.2, 0.25) is 0 Å². The first-order valence-electron chi connectivity index (χ1n) is 6.34. The van der Waals surface area contributed by atoms with Crippen molar-refractivity contribution in [3.05, 3.63) is 35.6 Å². The third-order valence-electron chi connectivity index (χ3n) is 2.79. The van der Waals surface area contributed by atoms with Crippen molar-refractivity contribution in [3.63, 3.8) is 0 Å². The normalized spacial score (nSPS) is 11.7. The molecule has 5 nitrogen and oxygen atoms in total. The second-order valence-corrected chi connectivity index (χ2v) is 4.58. The number of carboxylic acid groups (broad SMARTS) is 1. The zero-order valence-electron chi connectivity index (χ0n) is 11.7. The van der Waals surface area contributed by atoms with Crippen molar-refractivity contribution in [2.24, 2.45) is 0 Å². The van der Waals surface area contributed by atoms with Crippen molar-refractivity contribution in [1.82, 2.24) is 10.2 Å². The fourth-order valence-corrected chi connectivity index (χ4v) is 1.81. The molecule has 1 atom stereocenters. The number of halogens is 1. The Kier molecular flexibility index (Phi) is 6.37. The van der Waals surface area contributed by atoms with Gasteiger partial charge in [0, 0.05) is 0 Å². The van der Waals surface area contributed by atoms with E-state index in [1.807, 2.05) is 0 Å². The Morgan fingerprint density at radius 2 is 2.00 bits per heavy atom. The third-order valence-corrected chi connectivity index (χ3v) is 2.79. The number of carbonyl (C=O) groups is 2. The minimum absolute atomic E-state index is 0.0741. The highest BCUT2D eigenvalue weighted by Gasteiger charge is 2.15. The van der Waals surface area contributed by atoms with Crippen molar-refractivity contribution in [2.75, 3.05) is 19.6 Å². The summed E-state index contributed by atoms with van der Waals surface area (Å²) in [5.74, 6) is 0.567. The van der Waals surface area contributed by atoms with Gasteiger partial charge < -0.3 is 10.4 Å². The summed E-state index contributed by atoms with van der Waals surface area (Å²) in [6.45, 7) is 1.42. The lowest BCUT2D eigenvalue weighted by molar-refractivity contribution is -0.138. The Morgan fingerprint density at radius 1 is 1.38 bits per heavy atom. The number of amides is 1. The summed E-state index contributed by atoms with van der Waals surface area (Å²) in [4.78, 5) is 23.9. The first-order valence-corrected chi connectivity index (χ1v) is 6.34. The summed E-state index contributed by atoms with van der Waals surface area (Å²) in [6.07, 6.45) is 5.14. The van der Waals surface area contributed by atoms with Gasteiger partial charge in [-0.2, -0.15) is 0 Å². The number of rotatable bonds is 7. The molecule has 112 valence electrons. The molecule has 0 aromatic heterocycles. The topological polar surface area (TPSA) is 69.6 Å². The maximum absolute atomic E-state index is 12.8. The van der Waals surface area contributed by atoms with E-state index in [4.69, 9.17) is 11.5 Å². The lowest BCUT2D eigenvalue weighted by Crippen LogP contribution is -2.40. The van der Waals surface area contributed by atoms with Crippen LogP contribution in [-0.2, 0) is 9.59 Å². The Hall–Kier alpha value is -2.39. The molecule has 0 heterocycles. The number of hydrogen-bond donors (Lipinski definition) is 2. The summed E-state index contributed by atoms with van der Waals surface area (Å²) in [6, 6.07) is 5.48. The minimum atomic E-state index is -1.05. The summed E-state index contributed by atoms with van der Waals surface area (Å²) < 4.78 is 12.8. The van der Waals surface area contributed by atoms with E-state index in [1.165, 1.54) is 17.0 Å². The van der Waals surface area contributed by atoms with Gasteiger partial charge in [-0.05, 0) is 24.6 Å². The van der Waals surface area contributed by atoms with Crippen LogP contribution in [0.3, 0.4) is 0 Å². The van der Waals surface area contributed by atoms with Crippen molar-refractivity contribution < 1.29 is 19.1 Å². The van der Waals surface area contributed by atoms with E-state index in [-0.39, 0.29) is 37.4 Å². The second-order valence-electron chi connectivity index (χ2n) is 4.58. The molecule has 0 bridgehead atoms. The van der Waals surface area contributed by atoms with Crippen LogP contribution in [0.15, 0.2) is 24.3 Å². The molecule has 1 rings (SSSR count). The van der Waals surface area contributed by atoms with Gasteiger partial charge in [-0.3, -0.25) is 14.5 Å². The summed E-state index contributed by atoms with van der Waals surface area (Å²) in [5.41, 5.74) is 0.756. The Bertz CT molecular complexity index is 537. The molecule has 1 aromatic carbocycles. The molecular weight excluding hydrogens is 275 g/mol. The summed E-state index contributed by atoms with van der Waals surface area (Å²) >= 11 is 0. The van der Waals surface area contributed by atoms with Crippen molar-refractivity contribution >= 4 is 11.9 Å². The van der Waals surface area contributed by atoms with Crippen LogP contribution < -0.4 is 5.32 Å². The zero-order valence-corrected chi connectivity index (χ0v) is 11.7. The Labute approximate surface area is 122 Å². The van der Waals surface area contributed by atoms with Crippen LogP contribution in [0.1, 0.15) is 18.5 Å². The van der Waals surface area contributed by atoms with Gasteiger partial charge in [-0.15, -0.1) is 6.42 Å². The van der Waals surface area contributed by atoms with Crippen LogP contribution in [0, 0.1) is 18.2 Å². The Morgan fingerprint density at radius 3 is 2.52 bits per heavy atom. The van der Waals surface area contributed by atoms with E-state index < -0.39 is 5.97 Å². The zero-order chi connectivity index (χ0) is 15.8. The molecular formula is C15H17FN2O3. The van der Waals surface area contributed by atoms with Gasteiger partial charge in [0.25, 0.3) is 0 Å². The van der Waals surface area contributed by atoms with Crippen LogP contribution >= 0.6 is 0 Å². The third kappa shape index (κ3) is 6.06. The van der Waals surface area contributed by atoms with Crippen LogP contribution in [0.25, 0.3) is 0 Å². The van der Waals surface area contributed by atoms with E-state index in [0.29, 0.717) is 0 Å². The molecule has 0 saturated carbocycles. The molecule has 21 heavy (non-hydrogen) atoms. The highest BCUT2D eigenvalue weighted by atomic mass is 19.1. The van der Waals surface area contributed by atoms with Crippen molar-refractivity contribution in [3.8, 4) is 12.3 Å². The SMILES string of the molecule is C#CCN(CC(=O)O)CC(=O)NC(C)c1ccc(F)cc1. The van der Waals surface area contributed by atoms with Crippen LogP contribution in [-0.4, -0.2) is 41.5 Å². The van der Waals surface area contributed by atoms with E-state index in [0.717, 1.165) is 5.56 Å². The fourth-order valence-electron chi connectivity index (χ4n) is 1.81. The molecule has 0 aliphatic carbocycles. The molecule has 0 radical (unpaired) electrons. The fraction of sp³-hybridized carbons (Fsp3) is 0.333. The van der Waals surface area contributed by atoms with Gasteiger partial charge in [-0.1, -0.05) is 18.1 Å². The number of terminal acetylenes is 1. The molecule has 0 spiro atoms. The van der Waals surface area contributed by atoms with Crippen molar-refractivity contribution in [2.45, 2.75) is 13.0 Å². The number of aliphatic carboxylic acids is 1. The van der Waals surface area contributed by atoms with Gasteiger partial charge in [0.05, 0.1) is 25.7 Å². The number of benzene rings is 1. The van der Waals surface area contributed by atoms with Crippen molar-refractivity contribution in [1.29, 1.82) is 0 Å². The monoisotopic (exact) mass is 292 g/mol. The summed E-state index contributed by atoms with van der Waals surface area (Å²) in [7, 11) is 0. The molecule has 0 aliphatic rings.